The van der Waals surface area contributed by atoms with Crippen molar-refractivity contribution < 1.29 is 4.74 Å². The minimum absolute atomic E-state index is 0.183. The molecule has 1 heterocycles. The second-order valence-electron chi connectivity index (χ2n) is 6.81. The Bertz CT molecular complexity index is 219. The van der Waals surface area contributed by atoms with E-state index in [1.54, 1.807) is 0 Å². The predicted octanol–water partition coefficient (Wildman–Crippen LogP) is 3.05. The molecule has 0 aromatic rings. The van der Waals surface area contributed by atoms with E-state index in [4.69, 9.17) is 4.74 Å². The summed E-state index contributed by atoms with van der Waals surface area (Å²) < 4.78 is 6.08. The van der Waals surface area contributed by atoms with Crippen LogP contribution < -0.4 is 5.32 Å². The van der Waals surface area contributed by atoms with Gasteiger partial charge in [0.1, 0.15) is 0 Å². The smallest absolute Gasteiger partial charge is 0.0700 e. The van der Waals surface area contributed by atoms with Crippen molar-refractivity contribution in [3.05, 3.63) is 0 Å². The summed E-state index contributed by atoms with van der Waals surface area (Å²) in [6.45, 7) is 14.4. The van der Waals surface area contributed by atoms with Gasteiger partial charge in [0.05, 0.1) is 12.7 Å². The van der Waals surface area contributed by atoms with Crippen LogP contribution in [-0.2, 0) is 4.74 Å². The van der Waals surface area contributed by atoms with Crippen LogP contribution in [0.3, 0.4) is 0 Å². The lowest BCUT2D eigenvalue weighted by Crippen LogP contribution is -2.42. The number of rotatable bonds is 8. The molecule has 1 rings (SSSR count). The monoisotopic (exact) mass is 270 g/mol. The van der Waals surface area contributed by atoms with E-state index >= 15 is 0 Å². The highest BCUT2D eigenvalue weighted by atomic mass is 16.5. The summed E-state index contributed by atoms with van der Waals surface area (Å²) >= 11 is 0. The summed E-state index contributed by atoms with van der Waals surface area (Å²) in [5, 5.41) is 3.56. The maximum Gasteiger partial charge on any atom is 0.0700 e. The van der Waals surface area contributed by atoms with E-state index in [9.17, 15) is 0 Å². The fourth-order valence-electron chi connectivity index (χ4n) is 2.52. The molecule has 1 aliphatic rings. The van der Waals surface area contributed by atoms with E-state index in [1.165, 1.54) is 38.8 Å². The second kappa shape index (κ2) is 8.93. The van der Waals surface area contributed by atoms with Crippen LogP contribution in [0.4, 0.5) is 0 Å². The van der Waals surface area contributed by atoms with Gasteiger partial charge < -0.3 is 15.0 Å². The van der Waals surface area contributed by atoms with Crippen LogP contribution >= 0.6 is 0 Å². The van der Waals surface area contributed by atoms with Crippen molar-refractivity contribution in [2.24, 2.45) is 0 Å². The first kappa shape index (κ1) is 16.9. The van der Waals surface area contributed by atoms with Gasteiger partial charge in [0.2, 0.25) is 0 Å². The van der Waals surface area contributed by atoms with Crippen LogP contribution in [-0.4, -0.2) is 49.3 Å². The van der Waals surface area contributed by atoms with Crippen molar-refractivity contribution in [3.8, 4) is 0 Å². The lowest BCUT2D eigenvalue weighted by molar-refractivity contribution is 0.0264. The highest BCUT2D eigenvalue weighted by Crippen LogP contribution is 2.09. The Morgan fingerprint density at radius 1 is 1.16 bits per heavy atom. The molecule has 1 atom stereocenters. The molecule has 1 saturated heterocycles. The Morgan fingerprint density at radius 2 is 1.84 bits per heavy atom. The third kappa shape index (κ3) is 8.61. The van der Waals surface area contributed by atoms with Gasteiger partial charge in [0.25, 0.3) is 0 Å². The maximum atomic E-state index is 6.08. The van der Waals surface area contributed by atoms with Crippen LogP contribution in [0.2, 0.25) is 0 Å². The maximum absolute atomic E-state index is 6.08. The highest BCUT2D eigenvalue weighted by molar-refractivity contribution is 4.73. The summed E-state index contributed by atoms with van der Waals surface area (Å²) in [5.74, 6) is 0. The number of ether oxygens (including phenoxy) is 1. The zero-order chi connectivity index (χ0) is 14.1. The molecule has 0 aromatic heterocycles. The van der Waals surface area contributed by atoms with E-state index in [1.807, 2.05) is 0 Å². The summed E-state index contributed by atoms with van der Waals surface area (Å²) in [4.78, 5) is 2.55. The summed E-state index contributed by atoms with van der Waals surface area (Å²) in [5.41, 5.74) is 0.183. The van der Waals surface area contributed by atoms with E-state index in [0.717, 1.165) is 26.1 Å². The van der Waals surface area contributed by atoms with Crippen LogP contribution in [0.5, 0.6) is 0 Å². The third-order valence-electron chi connectivity index (χ3n) is 3.68. The summed E-state index contributed by atoms with van der Waals surface area (Å²) in [7, 11) is 0. The number of hydrogen-bond donors (Lipinski definition) is 1. The average molecular weight is 270 g/mol. The lowest BCUT2D eigenvalue weighted by atomic mass is 10.1. The topological polar surface area (TPSA) is 24.5 Å². The van der Waals surface area contributed by atoms with Crippen molar-refractivity contribution in [3.63, 3.8) is 0 Å². The van der Waals surface area contributed by atoms with Gasteiger partial charge in [-0.2, -0.15) is 0 Å². The third-order valence-corrected chi connectivity index (χ3v) is 3.68. The Hall–Kier alpha value is -0.120. The van der Waals surface area contributed by atoms with Crippen LogP contribution in [0.25, 0.3) is 0 Å². The minimum atomic E-state index is 0.183. The van der Waals surface area contributed by atoms with Crippen molar-refractivity contribution in [2.75, 3.05) is 32.8 Å². The first-order valence-corrected chi connectivity index (χ1v) is 8.10. The second-order valence-corrected chi connectivity index (χ2v) is 6.81. The van der Waals surface area contributed by atoms with Gasteiger partial charge in [-0.25, -0.2) is 0 Å². The molecule has 0 aromatic carbocycles. The Balaban J connectivity index is 2.17. The predicted molar refractivity (Wildman–Crippen MR) is 82.7 cm³/mol. The summed E-state index contributed by atoms with van der Waals surface area (Å²) in [6.07, 6.45) is 6.86. The minimum Gasteiger partial charge on any atom is -0.376 e. The number of likely N-dealkylation sites (tertiary alicyclic amines) is 1. The van der Waals surface area contributed by atoms with Gasteiger partial charge in [0.15, 0.2) is 0 Å². The molecule has 1 N–H and O–H groups in total. The molecule has 0 aliphatic carbocycles. The molecular weight excluding hydrogens is 236 g/mol. The molecule has 0 amide bonds. The normalized spacial score (nSPS) is 19.6. The fraction of sp³-hybridized carbons (Fsp3) is 1.00. The molecule has 3 nitrogen and oxygen atoms in total. The molecule has 114 valence electrons. The van der Waals surface area contributed by atoms with Crippen LogP contribution in [0.15, 0.2) is 0 Å². The molecule has 1 aliphatic heterocycles. The SMILES string of the molecule is CCCC(CNC(C)(C)C)OCCN1CCCCC1. The molecule has 1 unspecified atom stereocenters. The van der Waals surface area contributed by atoms with E-state index in [-0.39, 0.29) is 5.54 Å². The lowest BCUT2D eigenvalue weighted by Gasteiger charge is -2.28. The molecule has 0 spiro atoms. The van der Waals surface area contributed by atoms with Gasteiger partial charge in [-0.15, -0.1) is 0 Å². The molecular formula is C16H34N2O. The van der Waals surface area contributed by atoms with Gasteiger partial charge >= 0.3 is 0 Å². The summed E-state index contributed by atoms with van der Waals surface area (Å²) in [6, 6.07) is 0. The van der Waals surface area contributed by atoms with Gasteiger partial charge in [-0.3, -0.25) is 0 Å². The number of nitrogens with zero attached hydrogens (tertiary/aromatic N) is 1. The first-order valence-electron chi connectivity index (χ1n) is 8.10. The Labute approximate surface area is 120 Å². The van der Waals surface area contributed by atoms with Crippen LogP contribution in [0, 0.1) is 0 Å². The van der Waals surface area contributed by atoms with Gasteiger partial charge in [-0.05, 0) is 53.1 Å². The zero-order valence-corrected chi connectivity index (χ0v) is 13.5. The first-order chi connectivity index (χ1) is 9.01. The van der Waals surface area contributed by atoms with E-state index in [0.29, 0.717) is 6.10 Å². The van der Waals surface area contributed by atoms with Crippen molar-refractivity contribution in [2.45, 2.75) is 71.4 Å². The Kier molecular flexibility index (Phi) is 7.96. The quantitative estimate of drug-likeness (QED) is 0.733. The van der Waals surface area contributed by atoms with Crippen molar-refractivity contribution in [1.82, 2.24) is 10.2 Å². The molecule has 0 bridgehead atoms. The molecule has 0 saturated carbocycles. The largest absolute Gasteiger partial charge is 0.376 e. The molecule has 1 fully saturated rings. The number of hydrogen-bond acceptors (Lipinski definition) is 3. The van der Waals surface area contributed by atoms with Gasteiger partial charge in [0, 0.05) is 18.6 Å². The standard InChI is InChI=1S/C16H34N2O/c1-5-9-15(14-17-16(2,3)4)19-13-12-18-10-7-6-8-11-18/h15,17H,5-14H2,1-4H3. The van der Waals surface area contributed by atoms with Crippen LogP contribution in [0.1, 0.15) is 59.8 Å². The fourth-order valence-corrected chi connectivity index (χ4v) is 2.52. The van der Waals surface area contributed by atoms with Crippen molar-refractivity contribution in [1.29, 1.82) is 0 Å². The van der Waals surface area contributed by atoms with E-state index < -0.39 is 0 Å². The van der Waals surface area contributed by atoms with Gasteiger partial charge in [-0.1, -0.05) is 19.8 Å². The number of piperidine rings is 1. The molecule has 0 radical (unpaired) electrons. The highest BCUT2D eigenvalue weighted by Gasteiger charge is 2.15. The zero-order valence-electron chi connectivity index (χ0n) is 13.5. The van der Waals surface area contributed by atoms with Crippen molar-refractivity contribution >= 4 is 0 Å². The molecule has 3 heteroatoms. The average Bonchev–Trinajstić information content (AvgIpc) is 2.36. The molecule has 19 heavy (non-hydrogen) atoms. The number of nitrogens with one attached hydrogen (secondary N) is 1. The van der Waals surface area contributed by atoms with E-state index in [2.05, 4.69) is 37.9 Å². The Morgan fingerprint density at radius 3 is 2.42 bits per heavy atom.